The molecule has 0 heterocycles. The molecule has 3 N–H and O–H groups in total. The van der Waals surface area contributed by atoms with Crippen LogP contribution >= 0.6 is 0 Å². The van der Waals surface area contributed by atoms with Gasteiger partial charge in [0.25, 0.3) is 10.1 Å². The van der Waals surface area contributed by atoms with Crippen molar-refractivity contribution in [2.75, 3.05) is 0 Å². The molecule has 6 nitrogen and oxygen atoms in total. The summed E-state index contributed by atoms with van der Waals surface area (Å²) >= 11 is 0. The molecule has 22 heavy (non-hydrogen) atoms. The van der Waals surface area contributed by atoms with Gasteiger partial charge in [-0.05, 0) is 51.7 Å². The van der Waals surface area contributed by atoms with Gasteiger partial charge in [0.15, 0.2) is 0 Å². The van der Waals surface area contributed by atoms with Crippen LogP contribution in [0.5, 0.6) is 0 Å². The topological polar surface area (TPSA) is 107 Å². The minimum absolute atomic E-state index is 0.0666. The maximum absolute atomic E-state index is 11.0. The average molecular weight is 329 g/mol. The Morgan fingerprint density at radius 1 is 1.27 bits per heavy atom. The number of carbonyl (C=O) groups is 1. The predicted molar refractivity (Wildman–Crippen MR) is 83.0 cm³/mol. The lowest BCUT2D eigenvalue weighted by molar-refractivity contribution is -0.149. The molecular formula is C15H23NO5S. The summed E-state index contributed by atoms with van der Waals surface area (Å²) in [7, 11) is -4.02. The summed E-state index contributed by atoms with van der Waals surface area (Å²) in [5, 5.41) is 0. The molecule has 2 rings (SSSR count). The summed E-state index contributed by atoms with van der Waals surface area (Å²) in [4.78, 5) is 10.9. The third-order valence-electron chi connectivity index (χ3n) is 3.28. The van der Waals surface area contributed by atoms with E-state index in [1.807, 2.05) is 6.92 Å². The second kappa shape index (κ2) is 8.26. The third-order valence-corrected chi connectivity index (χ3v) is 4.14. The first-order valence-corrected chi connectivity index (χ1v) is 8.64. The first-order valence-electron chi connectivity index (χ1n) is 7.20. The molecule has 1 aromatic carbocycles. The Bertz CT molecular complexity index is 574. The third kappa shape index (κ3) is 6.55. The van der Waals surface area contributed by atoms with Crippen LogP contribution in [-0.4, -0.2) is 31.1 Å². The summed E-state index contributed by atoms with van der Waals surface area (Å²) in [6.45, 7) is 3.49. The molecule has 0 aliphatic heterocycles. The normalized spacial score (nSPS) is 16.5. The maximum Gasteiger partial charge on any atom is 0.322 e. The van der Waals surface area contributed by atoms with Crippen molar-refractivity contribution in [3.05, 3.63) is 29.8 Å². The molecule has 1 atom stereocenters. The summed E-state index contributed by atoms with van der Waals surface area (Å²) in [6, 6.07) is 5.51. The van der Waals surface area contributed by atoms with E-state index in [1.54, 1.807) is 19.1 Å². The minimum atomic E-state index is -4.02. The summed E-state index contributed by atoms with van der Waals surface area (Å²) < 4.78 is 34.7. The number of hydrogen-bond donors (Lipinski definition) is 2. The molecule has 0 aromatic heterocycles. The average Bonchev–Trinajstić information content (AvgIpc) is 2.91. The molecule has 1 aliphatic rings. The van der Waals surface area contributed by atoms with Crippen LogP contribution in [0.1, 0.15) is 38.2 Å². The van der Waals surface area contributed by atoms with Crippen molar-refractivity contribution < 1.29 is 22.5 Å². The van der Waals surface area contributed by atoms with E-state index in [-0.39, 0.29) is 17.0 Å². The van der Waals surface area contributed by atoms with Crippen LogP contribution < -0.4 is 5.73 Å². The monoisotopic (exact) mass is 329 g/mol. The highest BCUT2D eigenvalue weighted by atomic mass is 32.2. The molecule has 0 radical (unpaired) electrons. The summed E-state index contributed by atoms with van der Waals surface area (Å²) in [5.41, 5.74) is 6.30. The molecule has 1 aliphatic carbocycles. The Morgan fingerprint density at radius 3 is 2.18 bits per heavy atom. The number of carbonyl (C=O) groups excluding carboxylic acids is 1. The highest BCUT2D eigenvalue weighted by Gasteiger charge is 2.20. The van der Waals surface area contributed by atoms with Crippen molar-refractivity contribution in [1.82, 2.24) is 0 Å². The van der Waals surface area contributed by atoms with E-state index in [2.05, 4.69) is 0 Å². The SMILES string of the molecule is C[C@H](N)C(=O)OC1CCCC1.Cc1ccc(S(=O)(=O)O)cc1. The van der Waals surface area contributed by atoms with E-state index in [1.165, 1.54) is 25.0 Å². The van der Waals surface area contributed by atoms with Gasteiger partial charge >= 0.3 is 5.97 Å². The predicted octanol–water partition coefficient (Wildman–Crippen LogP) is 2.06. The van der Waals surface area contributed by atoms with Gasteiger partial charge in [0.2, 0.25) is 0 Å². The molecule has 1 aromatic rings. The Labute approximate surface area is 131 Å². The summed E-state index contributed by atoms with van der Waals surface area (Å²) in [5.74, 6) is -0.267. The zero-order chi connectivity index (χ0) is 16.8. The van der Waals surface area contributed by atoms with Crippen LogP contribution in [0.15, 0.2) is 29.2 Å². The van der Waals surface area contributed by atoms with Crippen LogP contribution in [0.25, 0.3) is 0 Å². The lowest BCUT2D eigenvalue weighted by atomic mass is 10.2. The quantitative estimate of drug-likeness (QED) is 0.649. The lowest BCUT2D eigenvalue weighted by Gasteiger charge is -2.12. The molecule has 0 saturated heterocycles. The van der Waals surface area contributed by atoms with Crippen molar-refractivity contribution in [2.24, 2.45) is 5.73 Å². The van der Waals surface area contributed by atoms with E-state index in [0.717, 1.165) is 18.4 Å². The second-order valence-electron chi connectivity index (χ2n) is 5.42. The number of esters is 1. The second-order valence-corrected chi connectivity index (χ2v) is 6.84. The zero-order valence-electron chi connectivity index (χ0n) is 12.9. The largest absolute Gasteiger partial charge is 0.461 e. The van der Waals surface area contributed by atoms with Gasteiger partial charge in [-0.25, -0.2) is 0 Å². The van der Waals surface area contributed by atoms with Gasteiger partial charge in [-0.15, -0.1) is 0 Å². The Hall–Kier alpha value is -1.44. The van der Waals surface area contributed by atoms with Gasteiger partial charge in [-0.2, -0.15) is 8.42 Å². The lowest BCUT2D eigenvalue weighted by Crippen LogP contribution is -2.31. The van der Waals surface area contributed by atoms with Gasteiger partial charge in [-0.1, -0.05) is 17.7 Å². The van der Waals surface area contributed by atoms with Gasteiger partial charge in [-0.3, -0.25) is 9.35 Å². The number of hydrogen-bond acceptors (Lipinski definition) is 5. The van der Waals surface area contributed by atoms with Crippen molar-refractivity contribution >= 4 is 16.1 Å². The minimum Gasteiger partial charge on any atom is -0.461 e. The first kappa shape index (κ1) is 18.6. The van der Waals surface area contributed by atoms with Crippen LogP contribution in [-0.2, 0) is 19.6 Å². The van der Waals surface area contributed by atoms with E-state index in [0.29, 0.717) is 0 Å². The number of ether oxygens (including phenoxy) is 1. The van der Waals surface area contributed by atoms with E-state index < -0.39 is 16.2 Å². The first-order chi connectivity index (χ1) is 10.2. The fraction of sp³-hybridized carbons (Fsp3) is 0.533. The molecule has 0 unspecified atom stereocenters. The number of benzene rings is 1. The van der Waals surface area contributed by atoms with Gasteiger partial charge in [0.05, 0.1) is 4.90 Å². The summed E-state index contributed by atoms with van der Waals surface area (Å²) in [6.07, 6.45) is 4.53. The van der Waals surface area contributed by atoms with Crippen molar-refractivity contribution in [3.8, 4) is 0 Å². The fourth-order valence-electron chi connectivity index (χ4n) is 1.99. The molecule has 124 valence electrons. The smallest absolute Gasteiger partial charge is 0.322 e. The van der Waals surface area contributed by atoms with Crippen molar-refractivity contribution in [1.29, 1.82) is 0 Å². The van der Waals surface area contributed by atoms with E-state index >= 15 is 0 Å². The molecule has 1 fully saturated rings. The van der Waals surface area contributed by atoms with Gasteiger partial charge in [0, 0.05) is 0 Å². The standard InChI is InChI=1S/C8H15NO2.C7H8O3S/c1-6(9)8(10)11-7-4-2-3-5-7;1-6-2-4-7(5-3-6)11(8,9)10/h6-7H,2-5,9H2,1H3;2-5H,1H3,(H,8,9,10)/t6-;/m0./s1. The molecule has 0 amide bonds. The van der Waals surface area contributed by atoms with Crippen LogP contribution in [0.3, 0.4) is 0 Å². The number of nitrogens with two attached hydrogens (primary N) is 1. The highest BCUT2D eigenvalue weighted by molar-refractivity contribution is 7.85. The van der Waals surface area contributed by atoms with Gasteiger partial charge < -0.3 is 10.5 Å². The number of rotatable bonds is 3. The van der Waals surface area contributed by atoms with E-state index in [4.69, 9.17) is 15.0 Å². The molecule has 1 saturated carbocycles. The van der Waals surface area contributed by atoms with Crippen LogP contribution in [0, 0.1) is 6.92 Å². The Balaban J connectivity index is 0.000000220. The number of aryl methyl sites for hydroxylation is 1. The fourth-order valence-corrected chi connectivity index (χ4v) is 2.47. The Morgan fingerprint density at radius 2 is 1.77 bits per heavy atom. The van der Waals surface area contributed by atoms with Crippen molar-refractivity contribution in [2.45, 2.75) is 56.6 Å². The van der Waals surface area contributed by atoms with Crippen LogP contribution in [0.2, 0.25) is 0 Å². The van der Waals surface area contributed by atoms with Crippen molar-refractivity contribution in [3.63, 3.8) is 0 Å². The van der Waals surface area contributed by atoms with Crippen LogP contribution in [0.4, 0.5) is 0 Å². The molecule has 0 bridgehead atoms. The van der Waals surface area contributed by atoms with Gasteiger partial charge in [0.1, 0.15) is 12.1 Å². The Kier molecular flexibility index (Phi) is 6.99. The molecule has 7 heteroatoms. The molecular weight excluding hydrogens is 306 g/mol. The highest BCUT2D eigenvalue weighted by Crippen LogP contribution is 2.21. The van der Waals surface area contributed by atoms with E-state index in [9.17, 15) is 13.2 Å². The molecule has 0 spiro atoms. The zero-order valence-corrected chi connectivity index (χ0v) is 13.7. The maximum atomic E-state index is 11.0.